The molecule has 288 valence electrons. The molecule has 0 aromatic carbocycles. The Hall–Kier alpha value is -1.63. The van der Waals surface area contributed by atoms with Crippen LogP contribution in [0.1, 0.15) is 148 Å². The van der Waals surface area contributed by atoms with Crippen molar-refractivity contribution in [1.29, 1.82) is 0 Å². The van der Waals surface area contributed by atoms with Gasteiger partial charge in [0.05, 0.1) is 31.5 Å². The first-order chi connectivity index (χ1) is 24.2. The van der Waals surface area contributed by atoms with Crippen LogP contribution in [0.25, 0.3) is 10.4 Å². The lowest BCUT2D eigenvalue weighted by Gasteiger charge is -2.21. The standard InChI is InChI=1S/C35H64N5O8PS/c1-4-6-8-10-12-14-15-17-19-21-23-50-28-30(45-22-20-18-16-13-11-9-7-5-2)26-46-49(43,44)47-27-32-31(38-39-36)24-33(48-32)40-25-29(3)34(41)37-35(40)42/h25,30-33H,4-24,26-28H2,1-3H3,(H,43,44)(H,37,41,42)/t30?,31-,32?,33?/m0/s1. The van der Waals surface area contributed by atoms with Crippen LogP contribution in [0.4, 0.5) is 0 Å². The van der Waals surface area contributed by atoms with Crippen molar-refractivity contribution in [3.63, 3.8) is 0 Å². The maximum Gasteiger partial charge on any atom is 0.472 e. The lowest BCUT2D eigenvalue weighted by Crippen LogP contribution is -2.33. The number of hydrogen-bond acceptors (Lipinski definition) is 9. The number of H-pyrrole nitrogens is 1. The Morgan fingerprint density at radius 2 is 1.56 bits per heavy atom. The van der Waals surface area contributed by atoms with E-state index >= 15 is 0 Å². The Bertz CT molecular complexity index is 1260. The van der Waals surface area contributed by atoms with Crippen molar-refractivity contribution in [2.75, 3.05) is 31.3 Å². The van der Waals surface area contributed by atoms with Crippen LogP contribution in [0.15, 0.2) is 20.9 Å². The smallest absolute Gasteiger partial charge is 0.375 e. The van der Waals surface area contributed by atoms with Gasteiger partial charge in [0.2, 0.25) is 0 Å². The van der Waals surface area contributed by atoms with Gasteiger partial charge in [0.25, 0.3) is 5.56 Å². The van der Waals surface area contributed by atoms with E-state index in [4.69, 9.17) is 24.1 Å². The molecule has 1 aliphatic rings. The van der Waals surface area contributed by atoms with Gasteiger partial charge >= 0.3 is 13.5 Å². The third-order valence-electron chi connectivity index (χ3n) is 8.98. The monoisotopic (exact) mass is 745 g/mol. The topological polar surface area (TPSA) is 178 Å². The van der Waals surface area contributed by atoms with E-state index in [1.165, 1.54) is 107 Å². The summed E-state index contributed by atoms with van der Waals surface area (Å²) < 4.78 is 36.8. The fourth-order valence-corrected chi connectivity index (χ4v) is 7.74. The number of unbranched alkanes of at least 4 members (excludes halogenated alkanes) is 16. The Labute approximate surface area is 303 Å². The molecule has 50 heavy (non-hydrogen) atoms. The third kappa shape index (κ3) is 19.3. The maximum absolute atomic E-state index is 12.9. The number of aromatic amines is 1. The Morgan fingerprint density at radius 1 is 0.980 bits per heavy atom. The lowest BCUT2D eigenvalue weighted by atomic mass is 10.1. The summed E-state index contributed by atoms with van der Waals surface area (Å²) in [6, 6.07) is -0.769. The van der Waals surface area contributed by atoms with E-state index in [2.05, 4.69) is 28.9 Å². The van der Waals surface area contributed by atoms with E-state index in [0.717, 1.165) is 25.0 Å². The van der Waals surface area contributed by atoms with Crippen molar-refractivity contribution in [2.45, 2.75) is 167 Å². The highest BCUT2D eigenvalue weighted by atomic mass is 32.2. The van der Waals surface area contributed by atoms with Crippen molar-refractivity contribution < 1.29 is 28.0 Å². The molecule has 0 saturated carbocycles. The third-order valence-corrected chi connectivity index (χ3v) is 11.1. The zero-order valence-electron chi connectivity index (χ0n) is 30.8. The number of thioether (sulfide) groups is 1. The molecule has 1 fully saturated rings. The van der Waals surface area contributed by atoms with Crippen LogP contribution in [0, 0.1) is 6.92 Å². The number of ether oxygens (including phenoxy) is 2. The SMILES string of the molecule is CCCCCCCCCCCCSCC(COP(=O)(O)OCC1OC(n2cc(C)c(=O)[nH]c2=O)C[C@@H]1N=[N+]=[N-])OCCCCCCCCCC. The lowest BCUT2D eigenvalue weighted by molar-refractivity contribution is -0.0315. The predicted octanol–water partition coefficient (Wildman–Crippen LogP) is 9.13. The number of hydrogen-bond donors (Lipinski definition) is 2. The zero-order chi connectivity index (χ0) is 36.5. The molecule has 5 atom stereocenters. The largest absolute Gasteiger partial charge is 0.472 e. The molecule has 4 unspecified atom stereocenters. The number of azide groups is 1. The van der Waals surface area contributed by atoms with E-state index in [-0.39, 0.29) is 19.1 Å². The molecular weight excluding hydrogens is 681 g/mol. The average molecular weight is 746 g/mol. The van der Waals surface area contributed by atoms with Gasteiger partial charge in [-0.25, -0.2) is 9.36 Å². The second-order valence-corrected chi connectivity index (χ2v) is 16.0. The van der Waals surface area contributed by atoms with Gasteiger partial charge in [0.15, 0.2) is 0 Å². The van der Waals surface area contributed by atoms with Crippen LogP contribution in [0.5, 0.6) is 0 Å². The first-order valence-corrected chi connectivity index (χ1v) is 21.7. The second-order valence-electron chi connectivity index (χ2n) is 13.4. The molecule has 2 rings (SSSR count). The molecule has 0 bridgehead atoms. The van der Waals surface area contributed by atoms with E-state index in [1.807, 2.05) is 0 Å². The number of nitrogens with one attached hydrogen (secondary N) is 1. The minimum absolute atomic E-state index is 0.101. The summed E-state index contributed by atoms with van der Waals surface area (Å²) >= 11 is 1.78. The molecule has 2 N–H and O–H groups in total. The molecule has 13 nitrogen and oxygen atoms in total. The van der Waals surface area contributed by atoms with Crippen LogP contribution in [0.2, 0.25) is 0 Å². The fourth-order valence-electron chi connectivity index (χ4n) is 5.94. The average Bonchev–Trinajstić information content (AvgIpc) is 3.49. The number of aryl methyl sites for hydroxylation is 1. The van der Waals surface area contributed by atoms with Gasteiger partial charge in [-0.2, -0.15) is 11.8 Å². The number of phosphoric ester groups is 1. The van der Waals surface area contributed by atoms with Crippen LogP contribution in [0.3, 0.4) is 0 Å². The van der Waals surface area contributed by atoms with Crippen molar-refractivity contribution in [3.8, 4) is 0 Å². The Morgan fingerprint density at radius 3 is 2.16 bits per heavy atom. The Balaban J connectivity index is 1.81. The van der Waals surface area contributed by atoms with E-state index in [0.29, 0.717) is 17.9 Å². The minimum atomic E-state index is -4.51. The second kappa shape index (κ2) is 27.0. The summed E-state index contributed by atoms with van der Waals surface area (Å²) in [5.41, 5.74) is 8.19. The van der Waals surface area contributed by atoms with Crippen LogP contribution in [-0.4, -0.2) is 64.0 Å². The highest BCUT2D eigenvalue weighted by molar-refractivity contribution is 7.99. The minimum Gasteiger partial charge on any atom is -0.375 e. The predicted molar refractivity (Wildman–Crippen MR) is 201 cm³/mol. The van der Waals surface area contributed by atoms with Crippen LogP contribution < -0.4 is 11.2 Å². The summed E-state index contributed by atoms with van der Waals surface area (Å²) in [4.78, 5) is 39.8. The van der Waals surface area contributed by atoms with Gasteiger partial charge in [0.1, 0.15) is 6.23 Å². The molecule has 0 amide bonds. The quantitative estimate of drug-likeness (QED) is 0.0247. The normalized spacial score (nSPS) is 19.3. The van der Waals surface area contributed by atoms with Crippen molar-refractivity contribution in [3.05, 3.63) is 43.0 Å². The molecule has 1 saturated heterocycles. The summed E-state index contributed by atoms with van der Waals surface area (Å²) in [5, 5.41) is 3.74. The molecule has 15 heteroatoms. The van der Waals surface area contributed by atoms with Crippen molar-refractivity contribution in [1.82, 2.24) is 9.55 Å². The molecule has 0 radical (unpaired) electrons. The van der Waals surface area contributed by atoms with Gasteiger partial charge in [-0.3, -0.25) is 23.4 Å². The summed E-state index contributed by atoms with van der Waals surface area (Å²) in [5.74, 6) is 1.65. The van der Waals surface area contributed by atoms with Gasteiger partial charge < -0.3 is 14.4 Å². The summed E-state index contributed by atoms with van der Waals surface area (Å²) in [6.07, 6.45) is 21.8. The van der Waals surface area contributed by atoms with E-state index < -0.39 is 44.1 Å². The zero-order valence-corrected chi connectivity index (χ0v) is 32.5. The van der Waals surface area contributed by atoms with Crippen LogP contribution in [-0.2, 0) is 23.1 Å². The van der Waals surface area contributed by atoms with Crippen molar-refractivity contribution in [2.24, 2.45) is 5.11 Å². The first kappa shape index (κ1) is 44.5. The number of aromatic nitrogens is 2. The molecule has 0 aliphatic carbocycles. The van der Waals surface area contributed by atoms with Crippen LogP contribution >= 0.6 is 19.6 Å². The number of phosphoric acid groups is 1. The number of nitrogens with zero attached hydrogens (tertiary/aromatic N) is 4. The highest BCUT2D eigenvalue weighted by Gasteiger charge is 2.38. The Kier molecular flexibility index (Phi) is 24.1. The van der Waals surface area contributed by atoms with Gasteiger partial charge in [-0.05, 0) is 31.0 Å². The van der Waals surface area contributed by atoms with E-state index in [9.17, 15) is 19.0 Å². The molecule has 1 aliphatic heterocycles. The fraction of sp³-hybridized carbons (Fsp3) is 0.886. The van der Waals surface area contributed by atoms with Gasteiger partial charge in [-0.1, -0.05) is 122 Å². The summed E-state index contributed by atoms with van der Waals surface area (Å²) in [7, 11) is -4.51. The van der Waals surface area contributed by atoms with E-state index in [1.54, 1.807) is 18.7 Å². The molecular formula is C35H64N5O8PS. The molecule has 0 spiro atoms. The molecule has 1 aromatic heterocycles. The first-order valence-electron chi connectivity index (χ1n) is 19.0. The molecule has 1 aromatic rings. The number of rotatable bonds is 31. The maximum atomic E-state index is 12.9. The van der Waals surface area contributed by atoms with Crippen molar-refractivity contribution >= 4 is 19.6 Å². The van der Waals surface area contributed by atoms with Gasteiger partial charge in [0, 0.05) is 35.5 Å². The van der Waals surface area contributed by atoms with Gasteiger partial charge in [-0.15, -0.1) is 0 Å². The molecule has 2 heterocycles. The highest BCUT2D eigenvalue weighted by Crippen LogP contribution is 2.45. The summed E-state index contributed by atoms with van der Waals surface area (Å²) in [6.45, 7) is 6.08.